The number of allylic oxidation sites excluding steroid dienone is 1. The molecule has 6 nitrogen and oxygen atoms in total. The first-order chi connectivity index (χ1) is 8.84. The quantitative estimate of drug-likeness (QED) is 0.598. The van der Waals surface area contributed by atoms with Crippen LogP contribution in [-0.2, 0) is 0 Å². The highest BCUT2D eigenvalue weighted by atomic mass is 16.6. The van der Waals surface area contributed by atoms with Crippen LogP contribution in [-0.4, -0.2) is 10.5 Å². The molecule has 0 aromatic heterocycles. The Morgan fingerprint density at radius 1 is 1.26 bits per heavy atom. The zero-order chi connectivity index (χ0) is 14.2. The molecule has 0 N–H and O–H groups in total. The maximum absolute atomic E-state index is 10.6. The van der Waals surface area contributed by atoms with Crippen molar-refractivity contribution in [2.24, 2.45) is 10.3 Å². The van der Waals surface area contributed by atoms with Gasteiger partial charge in [-0.3, -0.25) is 10.1 Å². The van der Waals surface area contributed by atoms with Crippen LogP contribution in [0.3, 0.4) is 0 Å². The molecule has 0 amide bonds. The molecule has 0 saturated carbocycles. The van der Waals surface area contributed by atoms with E-state index in [2.05, 4.69) is 10.3 Å². The number of hydrogen-bond donors (Lipinski definition) is 0. The van der Waals surface area contributed by atoms with Crippen molar-refractivity contribution in [2.75, 3.05) is 5.01 Å². The van der Waals surface area contributed by atoms with Gasteiger partial charge >= 0.3 is 0 Å². The molecule has 0 fully saturated rings. The van der Waals surface area contributed by atoms with Crippen LogP contribution in [0.1, 0.15) is 27.7 Å². The molecule has 1 aliphatic rings. The average molecular weight is 260 g/mol. The topological polar surface area (TPSA) is 71.1 Å². The lowest BCUT2D eigenvalue weighted by molar-refractivity contribution is -0.384. The van der Waals surface area contributed by atoms with Crippen molar-refractivity contribution in [3.63, 3.8) is 0 Å². The van der Waals surface area contributed by atoms with Gasteiger partial charge in [0.05, 0.1) is 16.3 Å². The number of hydrogen-bond acceptors (Lipinski definition) is 5. The van der Waals surface area contributed by atoms with E-state index in [0.29, 0.717) is 0 Å². The van der Waals surface area contributed by atoms with Gasteiger partial charge in [-0.2, -0.15) is 0 Å². The van der Waals surface area contributed by atoms with Gasteiger partial charge in [0.1, 0.15) is 5.54 Å². The first kappa shape index (κ1) is 13.2. The van der Waals surface area contributed by atoms with Gasteiger partial charge in [-0.25, -0.2) is 5.01 Å². The molecule has 6 heteroatoms. The zero-order valence-electron chi connectivity index (χ0n) is 11.4. The molecule has 1 heterocycles. The molecule has 0 radical (unpaired) electrons. The van der Waals surface area contributed by atoms with E-state index in [0.717, 1.165) is 17.0 Å². The Kier molecular flexibility index (Phi) is 3.09. The molecule has 0 unspecified atom stereocenters. The molecule has 1 aromatic carbocycles. The second-order valence-corrected chi connectivity index (χ2v) is 5.18. The number of anilines is 1. The third-order valence-corrected chi connectivity index (χ3v) is 3.12. The van der Waals surface area contributed by atoms with Gasteiger partial charge in [0.25, 0.3) is 5.69 Å². The first-order valence-corrected chi connectivity index (χ1v) is 5.98. The van der Waals surface area contributed by atoms with Crippen LogP contribution < -0.4 is 5.01 Å². The van der Waals surface area contributed by atoms with Crippen LogP contribution in [0.4, 0.5) is 11.4 Å². The Hall–Kier alpha value is -2.24. The Balaban J connectivity index is 2.37. The standard InChI is InChI=1S/C13H16N4O2/c1-9(2)12-13(3,4)16(15-14-12)10-5-7-11(8-6-10)17(18)19/h5-8H,1-4H3. The van der Waals surface area contributed by atoms with Crippen LogP contribution in [0.5, 0.6) is 0 Å². The van der Waals surface area contributed by atoms with Crippen molar-refractivity contribution >= 4 is 11.4 Å². The summed E-state index contributed by atoms with van der Waals surface area (Å²) in [6.07, 6.45) is 0. The lowest BCUT2D eigenvalue weighted by Gasteiger charge is -2.30. The van der Waals surface area contributed by atoms with Crippen LogP contribution in [0, 0.1) is 10.1 Å². The molecule has 2 rings (SSSR count). The molecule has 1 aliphatic heterocycles. The maximum atomic E-state index is 10.6. The summed E-state index contributed by atoms with van der Waals surface area (Å²) >= 11 is 0. The number of nitro benzene ring substituents is 1. The molecule has 0 bridgehead atoms. The number of nitrogens with zero attached hydrogens (tertiary/aromatic N) is 4. The minimum atomic E-state index is -0.415. The maximum Gasteiger partial charge on any atom is 0.269 e. The Morgan fingerprint density at radius 3 is 2.26 bits per heavy atom. The summed E-state index contributed by atoms with van der Waals surface area (Å²) in [6, 6.07) is 6.32. The molecule has 0 spiro atoms. The molecule has 0 saturated heterocycles. The lowest BCUT2D eigenvalue weighted by atomic mass is 9.96. The van der Waals surface area contributed by atoms with Crippen molar-refractivity contribution < 1.29 is 4.92 Å². The second kappa shape index (κ2) is 4.46. The van der Waals surface area contributed by atoms with Crippen molar-refractivity contribution in [1.82, 2.24) is 0 Å². The van der Waals surface area contributed by atoms with E-state index < -0.39 is 4.92 Å². The van der Waals surface area contributed by atoms with Gasteiger partial charge < -0.3 is 0 Å². The van der Waals surface area contributed by atoms with Gasteiger partial charge in [-0.1, -0.05) is 10.8 Å². The fourth-order valence-corrected chi connectivity index (χ4v) is 2.23. The lowest BCUT2D eigenvalue weighted by Crippen LogP contribution is -2.38. The third kappa shape index (κ3) is 2.21. The predicted octanol–water partition coefficient (Wildman–Crippen LogP) is 3.85. The molecule has 0 atom stereocenters. The summed E-state index contributed by atoms with van der Waals surface area (Å²) in [6.45, 7) is 8.04. The molecular weight excluding hydrogens is 244 g/mol. The van der Waals surface area contributed by atoms with E-state index >= 15 is 0 Å². The van der Waals surface area contributed by atoms with Crippen LogP contribution >= 0.6 is 0 Å². The first-order valence-electron chi connectivity index (χ1n) is 5.98. The van der Waals surface area contributed by atoms with E-state index in [1.165, 1.54) is 12.1 Å². The molecule has 1 aromatic rings. The fourth-order valence-electron chi connectivity index (χ4n) is 2.23. The monoisotopic (exact) mass is 260 g/mol. The summed E-state index contributed by atoms with van der Waals surface area (Å²) in [5, 5.41) is 20.8. The van der Waals surface area contributed by atoms with Crippen molar-refractivity contribution in [3.05, 3.63) is 45.6 Å². The smallest absolute Gasteiger partial charge is 0.258 e. The summed E-state index contributed by atoms with van der Waals surface area (Å²) in [4.78, 5) is 10.2. The van der Waals surface area contributed by atoms with E-state index in [4.69, 9.17) is 0 Å². The zero-order valence-corrected chi connectivity index (χ0v) is 11.4. The van der Waals surface area contributed by atoms with Crippen molar-refractivity contribution in [3.8, 4) is 0 Å². The Bertz CT molecular complexity index is 569. The average Bonchev–Trinajstić information content (AvgIpc) is 2.64. The van der Waals surface area contributed by atoms with E-state index in [1.807, 2.05) is 27.7 Å². The van der Waals surface area contributed by atoms with E-state index in [-0.39, 0.29) is 11.2 Å². The van der Waals surface area contributed by atoms with Crippen LogP contribution in [0.2, 0.25) is 0 Å². The van der Waals surface area contributed by atoms with Gasteiger partial charge in [0, 0.05) is 12.1 Å². The highest BCUT2D eigenvalue weighted by Crippen LogP contribution is 2.38. The highest BCUT2D eigenvalue weighted by molar-refractivity contribution is 5.55. The second-order valence-electron chi connectivity index (χ2n) is 5.18. The largest absolute Gasteiger partial charge is 0.269 e. The minimum absolute atomic E-state index is 0.0696. The van der Waals surface area contributed by atoms with Gasteiger partial charge in [-0.15, -0.1) is 5.11 Å². The third-order valence-electron chi connectivity index (χ3n) is 3.12. The number of nitro groups is 1. The van der Waals surface area contributed by atoms with Crippen molar-refractivity contribution in [1.29, 1.82) is 0 Å². The molecule has 0 aliphatic carbocycles. The molecule has 100 valence electrons. The number of non-ortho nitro benzene ring substituents is 1. The fraction of sp³-hybridized carbons (Fsp3) is 0.385. The van der Waals surface area contributed by atoms with Crippen LogP contribution in [0.25, 0.3) is 0 Å². The van der Waals surface area contributed by atoms with Gasteiger partial charge in [0.15, 0.2) is 0 Å². The molecule has 19 heavy (non-hydrogen) atoms. The Labute approximate surface area is 111 Å². The highest BCUT2D eigenvalue weighted by Gasteiger charge is 2.37. The summed E-state index contributed by atoms with van der Waals surface area (Å²) in [5.74, 6) is 0. The van der Waals surface area contributed by atoms with Crippen LogP contribution in [0.15, 0.2) is 45.9 Å². The number of benzene rings is 1. The summed E-state index contributed by atoms with van der Waals surface area (Å²) in [7, 11) is 0. The predicted molar refractivity (Wildman–Crippen MR) is 72.9 cm³/mol. The SMILES string of the molecule is CC(C)=C1N=NN(c2ccc([N+](=O)[O-])cc2)C1(C)C. The van der Waals surface area contributed by atoms with Gasteiger partial charge in [0.2, 0.25) is 0 Å². The van der Waals surface area contributed by atoms with Gasteiger partial charge in [-0.05, 0) is 39.8 Å². The number of rotatable bonds is 2. The Morgan fingerprint density at radius 2 is 1.84 bits per heavy atom. The summed E-state index contributed by atoms with van der Waals surface area (Å²) < 4.78 is 0. The summed E-state index contributed by atoms with van der Waals surface area (Å²) in [5.41, 5.74) is 2.54. The molecular formula is C13H16N4O2. The van der Waals surface area contributed by atoms with E-state index in [9.17, 15) is 10.1 Å². The van der Waals surface area contributed by atoms with Crippen molar-refractivity contribution in [2.45, 2.75) is 33.2 Å². The normalized spacial score (nSPS) is 16.8. The van der Waals surface area contributed by atoms with E-state index in [1.54, 1.807) is 17.1 Å². The minimum Gasteiger partial charge on any atom is -0.258 e.